The summed E-state index contributed by atoms with van der Waals surface area (Å²) in [6.07, 6.45) is 0. The number of nitrogens with zero attached hydrogens (tertiary/aromatic N) is 5. The molecule has 1 aromatic carbocycles. The molecule has 1 saturated heterocycles. The Hall–Kier alpha value is -2.88. The third-order valence-electron chi connectivity index (χ3n) is 2.98. The highest BCUT2D eigenvalue weighted by atomic mass is 32.1. The van der Waals surface area contributed by atoms with E-state index in [1.54, 1.807) is 12.1 Å². The Morgan fingerprint density at radius 1 is 1.05 bits per heavy atom. The Morgan fingerprint density at radius 2 is 1.73 bits per heavy atom. The van der Waals surface area contributed by atoms with Gasteiger partial charge >= 0.3 is 10.7 Å². The van der Waals surface area contributed by atoms with Crippen molar-refractivity contribution in [2.24, 2.45) is 10.2 Å². The van der Waals surface area contributed by atoms with Crippen LogP contribution in [-0.4, -0.2) is 22.9 Å². The summed E-state index contributed by atoms with van der Waals surface area (Å²) in [5.74, 6) is 0. The molecule has 0 bridgehead atoms. The van der Waals surface area contributed by atoms with E-state index in [-0.39, 0.29) is 10.0 Å². The first-order valence-corrected chi connectivity index (χ1v) is 7.05. The van der Waals surface area contributed by atoms with E-state index >= 15 is 0 Å². The highest BCUT2D eigenvalue weighted by Crippen LogP contribution is 2.41. The van der Waals surface area contributed by atoms with Gasteiger partial charge < -0.3 is 4.90 Å². The van der Waals surface area contributed by atoms with E-state index < -0.39 is 15.5 Å². The Balaban J connectivity index is 1.84. The number of anilines is 1. The molecule has 9 nitrogen and oxygen atoms in total. The standard InChI is InChI=1S/C12H9N5O4S/c18-16(19)10-7-11(17(20)21)22-12(10)14-13-8-1-3-9(4-2-8)15-5-6-15/h1-4,7H,5-6H2. The van der Waals surface area contributed by atoms with E-state index in [1.807, 2.05) is 12.1 Å². The van der Waals surface area contributed by atoms with Gasteiger partial charge in [-0.05, 0) is 35.6 Å². The highest BCUT2D eigenvalue weighted by molar-refractivity contribution is 7.19. The smallest absolute Gasteiger partial charge is 0.333 e. The van der Waals surface area contributed by atoms with Gasteiger partial charge in [-0.25, -0.2) is 0 Å². The predicted molar refractivity (Wildman–Crippen MR) is 80.5 cm³/mol. The van der Waals surface area contributed by atoms with E-state index in [1.165, 1.54) is 0 Å². The van der Waals surface area contributed by atoms with Gasteiger partial charge in [0.1, 0.15) is 6.07 Å². The van der Waals surface area contributed by atoms with Crippen molar-refractivity contribution < 1.29 is 9.85 Å². The lowest BCUT2D eigenvalue weighted by atomic mass is 10.3. The second-order valence-electron chi connectivity index (χ2n) is 4.49. The van der Waals surface area contributed by atoms with E-state index in [9.17, 15) is 20.2 Å². The third kappa shape index (κ3) is 2.91. The van der Waals surface area contributed by atoms with Crippen LogP contribution in [0.3, 0.4) is 0 Å². The molecule has 0 N–H and O–H groups in total. The van der Waals surface area contributed by atoms with Crippen molar-refractivity contribution in [2.75, 3.05) is 18.0 Å². The molecule has 0 atom stereocenters. The molecule has 3 rings (SSSR count). The lowest BCUT2D eigenvalue weighted by molar-refractivity contribution is -0.389. The molecular formula is C12H9N5O4S. The second kappa shape index (κ2) is 5.48. The monoisotopic (exact) mass is 319 g/mol. The van der Waals surface area contributed by atoms with Crippen molar-refractivity contribution >= 4 is 38.4 Å². The quantitative estimate of drug-likeness (QED) is 0.360. The van der Waals surface area contributed by atoms with Crippen molar-refractivity contribution in [3.8, 4) is 0 Å². The largest absolute Gasteiger partial charge is 0.368 e. The normalized spacial score (nSPS) is 13.5. The topological polar surface area (TPSA) is 114 Å². The summed E-state index contributed by atoms with van der Waals surface area (Å²) < 4.78 is 0. The molecule has 1 aliphatic rings. The minimum absolute atomic E-state index is 0.0910. The lowest BCUT2D eigenvalue weighted by Crippen LogP contribution is -1.88. The summed E-state index contributed by atoms with van der Waals surface area (Å²) in [7, 11) is 0. The van der Waals surface area contributed by atoms with Gasteiger partial charge in [-0.15, -0.1) is 10.2 Å². The number of azo groups is 1. The number of thiophene rings is 1. The Kier molecular flexibility index (Phi) is 3.51. The summed E-state index contributed by atoms with van der Waals surface area (Å²) in [6.45, 7) is 2.07. The molecule has 0 unspecified atom stereocenters. The molecule has 22 heavy (non-hydrogen) atoms. The van der Waals surface area contributed by atoms with E-state index in [2.05, 4.69) is 15.1 Å². The van der Waals surface area contributed by atoms with Gasteiger partial charge in [0, 0.05) is 18.8 Å². The molecule has 10 heteroatoms. The summed E-state index contributed by atoms with van der Waals surface area (Å²) in [6, 6.07) is 8.14. The first-order chi connectivity index (χ1) is 10.5. The van der Waals surface area contributed by atoms with Crippen LogP contribution in [-0.2, 0) is 0 Å². The highest BCUT2D eigenvalue weighted by Gasteiger charge is 2.25. The van der Waals surface area contributed by atoms with Crippen LogP contribution in [0.5, 0.6) is 0 Å². The summed E-state index contributed by atoms with van der Waals surface area (Å²) in [5, 5.41) is 28.8. The molecule has 0 spiro atoms. The number of rotatable bonds is 5. The molecule has 1 aliphatic heterocycles. The fraction of sp³-hybridized carbons (Fsp3) is 0.167. The van der Waals surface area contributed by atoms with Gasteiger partial charge in [-0.3, -0.25) is 20.2 Å². The van der Waals surface area contributed by atoms with Gasteiger partial charge in [-0.2, -0.15) is 0 Å². The molecule has 0 aliphatic carbocycles. The SMILES string of the molecule is O=[N+]([O-])c1cc([N+](=O)[O-])c(N=Nc2ccc(N3CC3)cc2)s1. The van der Waals surface area contributed by atoms with E-state index in [0.29, 0.717) is 17.0 Å². The van der Waals surface area contributed by atoms with Crippen LogP contribution in [0.15, 0.2) is 40.6 Å². The molecule has 1 fully saturated rings. The second-order valence-corrected chi connectivity index (χ2v) is 5.50. The number of benzene rings is 1. The molecule has 0 amide bonds. The van der Waals surface area contributed by atoms with Crippen molar-refractivity contribution in [3.05, 3.63) is 50.6 Å². The van der Waals surface area contributed by atoms with Gasteiger partial charge in [-0.1, -0.05) is 0 Å². The molecule has 0 saturated carbocycles. The fourth-order valence-corrected chi connectivity index (χ4v) is 2.56. The first kappa shape index (κ1) is 14.1. The van der Waals surface area contributed by atoms with Gasteiger partial charge in [0.05, 0.1) is 15.5 Å². The Labute approximate surface area is 127 Å². The van der Waals surface area contributed by atoms with Crippen LogP contribution < -0.4 is 4.90 Å². The zero-order valence-electron chi connectivity index (χ0n) is 11.1. The van der Waals surface area contributed by atoms with Crippen LogP contribution in [0.1, 0.15) is 0 Å². The van der Waals surface area contributed by atoms with Gasteiger partial charge in [0.15, 0.2) is 0 Å². The van der Waals surface area contributed by atoms with E-state index in [0.717, 1.165) is 24.8 Å². The predicted octanol–water partition coefficient (Wildman–Crippen LogP) is 3.80. The van der Waals surface area contributed by atoms with Crippen LogP contribution in [0.2, 0.25) is 0 Å². The summed E-state index contributed by atoms with van der Waals surface area (Å²) >= 11 is 0.624. The Bertz CT molecular complexity index is 766. The van der Waals surface area contributed by atoms with Crippen LogP contribution in [0, 0.1) is 20.2 Å². The average molecular weight is 319 g/mol. The Morgan fingerprint density at radius 3 is 2.27 bits per heavy atom. The molecule has 2 heterocycles. The minimum Gasteiger partial charge on any atom is -0.368 e. The van der Waals surface area contributed by atoms with Gasteiger partial charge in [0.2, 0.25) is 5.00 Å². The first-order valence-electron chi connectivity index (χ1n) is 6.24. The van der Waals surface area contributed by atoms with Crippen LogP contribution in [0.4, 0.5) is 27.1 Å². The minimum atomic E-state index is -0.707. The molecular weight excluding hydrogens is 310 g/mol. The lowest BCUT2D eigenvalue weighted by Gasteiger charge is -2.00. The molecule has 112 valence electrons. The third-order valence-corrected chi connectivity index (χ3v) is 3.94. The number of hydrogen-bond donors (Lipinski definition) is 0. The molecule has 0 radical (unpaired) electrons. The maximum absolute atomic E-state index is 10.9. The maximum atomic E-state index is 10.9. The average Bonchev–Trinajstić information content (AvgIpc) is 3.24. The number of hydrogen-bond acceptors (Lipinski definition) is 8. The fourth-order valence-electron chi connectivity index (χ4n) is 1.79. The zero-order chi connectivity index (χ0) is 15.7. The summed E-state index contributed by atoms with van der Waals surface area (Å²) in [4.78, 5) is 22.3. The van der Waals surface area contributed by atoms with E-state index in [4.69, 9.17) is 0 Å². The van der Waals surface area contributed by atoms with Crippen molar-refractivity contribution in [3.63, 3.8) is 0 Å². The maximum Gasteiger partial charge on any atom is 0.333 e. The summed E-state index contributed by atoms with van der Waals surface area (Å²) in [5.41, 5.74) is 1.19. The van der Waals surface area contributed by atoms with Crippen LogP contribution in [0.25, 0.3) is 0 Å². The number of nitro groups is 2. The van der Waals surface area contributed by atoms with Gasteiger partial charge in [0.25, 0.3) is 0 Å². The van der Waals surface area contributed by atoms with Crippen molar-refractivity contribution in [1.82, 2.24) is 0 Å². The van der Waals surface area contributed by atoms with Crippen molar-refractivity contribution in [2.45, 2.75) is 0 Å². The zero-order valence-corrected chi connectivity index (χ0v) is 11.9. The molecule has 2 aromatic rings. The molecule has 1 aromatic heterocycles. The van der Waals surface area contributed by atoms with Crippen LogP contribution >= 0.6 is 11.3 Å². The van der Waals surface area contributed by atoms with Crippen molar-refractivity contribution in [1.29, 1.82) is 0 Å².